The number of rotatable bonds is 8. The Labute approximate surface area is 208 Å². The molecule has 0 fully saturated rings. The van der Waals surface area contributed by atoms with E-state index < -0.39 is 0 Å². The Morgan fingerprint density at radius 3 is 2.38 bits per heavy atom. The molecule has 4 aromatic rings. The van der Waals surface area contributed by atoms with E-state index in [2.05, 4.69) is 15.7 Å². The predicted octanol–water partition coefficient (Wildman–Crippen LogP) is 5.62. The maximum atomic E-state index is 12.7. The second-order valence-electron chi connectivity index (χ2n) is 7.62. The topological polar surface area (TPSA) is 73.1 Å². The molecule has 0 atom stereocenters. The first-order valence-electron chi connectivity index (χ1n) is 10.6. The molecule has 0 aliphatic carbocycles. The maximum absolute atomic E-state index is 12.7. The summed E-state index contributed by atoms with van der Waals surface area (Å²) in [5.74, 6) is 1.18. The van der Waals surface area contributed by atoms with Crippen molar-refractivity contribution in [2.45, 2.75) is 20.0 Å². The first kappa shape index (κ1) is 23.5. The molecule has 0 aliphatic heterocycles. The first-order chi connectivity index (χ1) is 16.4. The van der Waals surface area contributed by atoms with Crippen LogP contribution in [0.15, 0.2) is 72.8 Å². The van der Waals surface area contributed by atoms with Gasteiger partial charge >= 0.3 is 0 Å². The van der Waals surface area contributed by atoms with E-state index in [1.165, 1.54) is 0 Å². The number of aromatic nitrogens is 3. The van der Waals surface area contributed by atoms with Crippen LogP contribution in [0.3, 0.4) is 0 Å². The second kappa shape index (κ2) is 10.5. The molecule has 0 saturated carbocycles. The molecular formula is C25H24ClN5O2S. The lowest BCUT2D eigenvalue weighted by atomic mass is 10.2. The van der Waals surface area contributed by atoms with Crippen LogP contribution < -0.4 is 15.4 Å². The minimum Gasteiger partial charge on any atom is -0.497 e. The van der Waals surface area contributed by atoms with Gasteiger partial charge in [0.2, 0.25) is 10.7 Å². The summed E-state index contributed by atoms with van der Waals surface area (Å²) >= 11 is 11.7. The zero-order valence-electron chi connectivity index (χ0n) is 18.8. The molecule has 0 unspecified atom stereocenters. The Morgan fingerprint density at radius 1 is 1.03 bits per heavy atom. The Morgan fingerprint density at radius 2 is 1.71 bits per heavy atom. The van der Waals surface area contributed by atoms with Crippen molar-refractivity contribution >= 4 is 41.1 Å². The van der Waals surface area contributed by atoms with Crippen LogP contribution in [-0.4, -0.2) is 27.4 Å². The molecule has 2 N–H and O–H groups in total. The molecule has 0 aliphatic rings. The number of carbonyl (C=O) groups is 1. The van der Waals surface area contributed by atoms with E-state index in [9.17, 15) is 4.79 Å². The normalized spacial score (nSPS) is 10.7. The van der Waals surface area contributed by atoms with E-state index >= 15 is 0 Å². The second-order valence-corrected chi connectivity index (χ2v) is 8.42. The van der Waals surface area contributed by atoms with Crippen LogP contribution >= 0.6 is 23.8 Å². The lowest BCUT2D eigenvalue weighted by Crippen LogP contribution is -2.20. The number of anilines is 2. The van der Waals surface area contributed by atoms with Gasteiger partial charge in [-0.05, 0) is 79.3 Å². The number of hydrogen-bond acceptors (Lipinski definition) is 5. The number of para-hydroxylation sites is 1. The van der Waals surface area contributed by atoms with Gasteiger partial charge in [0, 0.05) is 16.4 Å². The number of aryl methyl sites for hydroxylation is 1. The van der Waals surface area contributed by atoms with Gasteiger partial charge in [-0.15, -0.1) is 0 Å². The number of nitrogens with zero attached hydrogens (tertiary/aromatic N) is 3. The molecule has 1 aromatic heterocycles. The lowest BCUT2D eigenvalue weighted by Gasteiger charge is -2.11. The lowest BCUT2D eigenvalue weighted by molar-refractivity contribution is -0.116. The minimum atomic E-state index is -0.229. The molecule has 0 bridgehead atoms. The summed E-state index contributed by atoms with van der Waals surface area (Å²) in [6.45, 7) is 2.41. The summed E-state index contributed by atoms with van der Waals surface area (Å²) in [5, 5.41) is 11.6. The first-order valence-corrected chi connectivity index (χ1v) is 11.4. The highest BCUT2D eigenvalue weighted by molar-refractivity contribution is 7.71. The highest BCUT2D eigenvalue weighted by atomic mass is 35.5. The third-order valence-electron chi connectivity index (χ3n) is 5.22. The van der Waals surface area contributed by atoms with Gasteiger partial charge in [-0.1, -0.05) is 29.8 Å². The smallest absolute Gasteiger partial charge is 0.246 e. The quantitative estimate of drug-likeness (QED) is 0.311. The molecule has 34 heavy (non-hydrogen) atoms. The predicted molar refractivity (Wildman–Crippen MR) is 138 cm³/mol. The fraction of sp³-hybridized carbons (Fsp3) is 0.160. The van der Waals surface area contributed by atoms with Crippen LogP contribution in [-0.2, 0) is 17.9 Å². The number of nitrogens with one attached hydrogen (secondary N) is 2. The summed E-state index contributed by atoms with van der Waals surface area (Å²) in [7, 11) is 1.60. The van der Waals surface area contributed by atoms with Crippen LogP contribution in [0.4, 0.5) is 11.4 Å². The fourth-order valence-electron chi connectivity index (χ4n) is 3.49. The van der Waals surface area contributed by atoms with Crippen molar-refractivity contribution < 1.29 is 9.53 Å². The molecule has 3 aromatic carbocycles. The van der Waals surface area contributed by atoms with Gasteiger partial charge in [-0.25, -0.2) is 4.68 Å². The van der Waals surface area contributed by atoms with E-state index in [1.54, 1.807) is 36.1 Å². The van der Waals surface area contributed by atoms with E-state index in [4.69, 9.17) is 28.6 Å². The molecule has 0 spiro atoms. The van der Waals surface area contributed by atoms with Gasteiger partial charge in [0.1, 0.15) is 12.3 Å². The van der Waals surface area contributed by atoms with Crippen molar-refractivity contribution in [2.75, 3.05) is 17.7 Å². The number of amides is 1. The standard InChI is InChI=1S/C25H24ClN5O2S/c1-17-5-3-4-6-22(17)31-23(15-27-19-9-7-18(26)8-10-19)29-30(25(31)34)16-24(32)28-20-11-13-21(33-2)14-12-20/h3-14,27H,15-16H2,1-2H3,(H,28,32). The van der Waals surface area contributed by atoms with Crippen LogP contribution in [0, 0.1) is 11.7 Å². The molecule has 0 saturated heterocycles. The number of ether oxygens (including phenoxy) is 1. The zero-order chi connectivity index (χ0) is 24.1. The van der Waals surface area contributed by atoms with Gasteiger partial charge in [0.25, 0.3) is 0 Å². The van der Waals surface area contributed by atoms with Crippen molar-refractivity contribution in [1.29, 1.82) is 0 Å². The van der Waals surface area contributed by atoms with Gasteiger partial charge in [-0.2, -0.15) is 5.10 Å². The third-order valence-corrected chi connectivity index (χ3v) is 5.87. The van der Waals surface area contributed by atoms with Gasteiger partial charge in [-0.3, -0.25) is 9.36 Å². The van der Waals surface area contributed by atoms with Gasteiger partial charge < -0.3 is 15.4 Å². The zero-order valence-corrected chi connectivity index (χ0v) is 20.4. The van der Waals surface area contributed by atoms with E-state index in [-0.39, 0.29) is 12.5 Å². The number of methoxy groups -OCH3 is 1. The van der Waals surface area contributed by atoms with Crippen LogP contribution in [0.2, 0.25) is 5.02 Å². The van der Waals surface area contributed by atoms with E-state index in [0.717, 1.165) is 22.7 Å². The Kier molecular flexibility index (Phi) is 7.30. The van der Waals surface area contributed by atoms with Crippen LogP contribution in [0.25, 0.3) is 5.69 Å². The monoisotopic (exact) mass is 493 g/mol. The average Bonchev–Trinajstić information content (AvgIpc) is 3.14. The molecule has 1 amide bonds. The SMILES string of the molecule is COc1ccc(NC(=O)Cn2nc(CNc3ccc(Cl)cc3)n(-c3ccccc3C)c2=S)cc1. The molecule has 0 radical (unpaired) electrons. The van der Waals surface area contributed by atoms with E-state index in [0.29, 0.717) is 27.9 Å². The summed E-state index contributed by atoms with van der Waals surface area (Å²) in [4.78, 5) is 12.7. The number of benzene rings is 3. The molecule has 174 valence electrons. The van der Waals surface area contributed by atoms with Crippen molar-refractivity contribution in [3.05, 3.63) is 94.0 Å². The van der Waals surface area contributed by atoms with Gasteiger partial charge in [0.15, 0.2) is 5.82 Å². The van der Waals surface area contributed by atoms with Crippen molar-refractivity contribution in [3.63, 3.8) is 0 Å². The number of carbonyl (C=O) groups excluding carboxylic acids is 1. The molecule has 7 nitrogen and oxygen atoms in total. The molecular weight excluding hydrogens is 470 g/mol. The van der Waals surface area contributed by atoms with Crippen LogP contribution in [0.1, 0.15) is 11.4 Å². The summed E-state index contributed by atoms with van der Waals surface area (Å²) in [6.07, 6.45) is 0. The molecule has 1 heterocycles. The summed E-state index contributed by atoms with van der Waals surface area (Å²) in [5.41, 5.74) is 3.54. The largest absolute Gasteiger partial charge is 0.497 e. The number of halogens is 1. The Balaban J connectivity index is 1.60. The molecule has 4 rings (SSSR count). The average molecular weight is 494 g/mol. The highest BCUT2D eigenvalue weighted by Crippen LogP contribution is 2.20. The minimum absolute atomic E-state index is 0.0162. The highest BCUT2D eigenvalue weighted by Gasteiger charge is 2.16. The van der Waals surface area contributed by atoms with Crippen LogP contribution in [0.5, 0.6) is 5.75 Å². The fourth-order valence-corrected chi connectivity index (χ4v) is 3.92. The number of hydrogen-bond donors (Lipinski definition) is 2. The maximum Gasteiger partial charge on any atom is 0.246 e. The molecule has 9 heteroatoms. The summed E-state index contributed by atoms with van der Waals surface area (Å²) in [6, 6.07) is 22.5. The van der Waals surface area contributed by atoms with Crippen molar-refractivity contribution in [3.8, 4) is 11.4 Å². The Hall–Kier alpha value is -3.62. The van der Waals surface area contributed by atoms with Crippen molar-refractivity contribution in [1.82, 2.24) is 14.3 Å². The van der Waals surface area contributed by atoms with Crippen molar-refractivity contribution in [2.24, 2.45) is 0 Å². The van der Waals surface area contributed by atoms with Gasteiger partial charge in [0.05, 0.1) is 19.3 Å². The Bertz CT molecular complexity index is 1350. The summed E-state index contributed by atoms with van der Waals surface area (Å²) < 4.78 is 9.03. The third kappa shape index (κ3) is 5.47. The van der Waals surface area contributed by atoms with E-state index in [1.807, 2.05) is 60.0 Å².